The first kappa shape index (κ1) is 20.0. The van der Waals surface area contributed by atoms with Crippen LogP contribution in [0.4, 0.5) is 8.78 Å². The predicted molar refractivity (Wildman–Crippen MR) is 85.5 cm³/mol. The molecule has 0 heterocycles. The highest BCUT2D eigenvalue weighted by atomic mass is 19.1. The van der Waals surface area contributed by atoms with E-state index in [1.54, 1.807) is 0 Å². The lowest BCUT2D eigenvalue weighted by molar-refractivity contribution is -0.343. The van der Waals surface area contributed by atoms with Crippen LogP contribution in [0.3, 0.4) is 0 Å². The molecule has 0 fully saturated rings. The quantitative estimate of drug-likeness (QED) is 0.426. The van der Waals surface area contributed by atoms with Crippen LogP contribution in [-0.2, 0) is 6.42 Å². The van der Waals surface area contributed by atoms with Gasteiger partial charge in [0.25, 0.3) is 5.97 Å². The largest absolute Gasteiger partial charge is 0.343 e. The predicted octanol–water partition coefficient (Wildman–Crippen LogP) is 3.89. The molecular formula is C18H28F2O3. The third-order valence-electron chi connectivity index (χ3n) is 4.23. The van der Waals surface area contributed by atoms with Crippen LogP contribution < -0.4 is 0 Å². The summed E-state index contributed by atoms with van der Waals surface area (Å²) < 4.78 is 26.5. The maximum absolute atomic E-state index is 13.6. The van der Waals surface area contributed by atoms with Crippen molar-refractivity contribution in [1.82, 2.24) is 0 Å². The van der Waals surface area contributed by atoms with Gasteiger partial charge in [0.2, 0.25) is 0 Å². The van der Waals surface area contributed by atoms with Crippen molar-refractivity contribution in [2.24, 2.45) is 5.92 Å². The summed E-state index contributed by atoms with van der Waals surface area (Å²) in [7, 11) is 0. The third-order valence-corrected chi connectivity index (χ3v) is 4.23. The monoisotopic (exact) mass is 330 g/mol. The zero-order valence-electron chi connectivity index (χ0n) is 13.8. The Morgan fingerprint density at radius 1 is 0.957 bits per heavy atom. The number of hydrogen-bond acceptors (Lipinski definition) is 3. The van der Waals surface area contributed by atoms with Gasteiger partial charge in [-0.15, -0.1) is 0 Å². The molecule has 0 saturated heterocycles. The van der Waals surface area contributed by atoms with Gasteiger partial charge in [0.05, 0.1) is 0 Å². The molecule has 23 heavy (non-hydrogen) atoms. The molecule has 0 amide bonds. The molecule has 0 spiro atoms. The number of rotatable bonds is 11. The van der Waals surface area contributed by atoms with E-state index in [0.717, 1.165) is 31.7 Å². The van der Waals surface area contributed by atoms with Crippen LogP contribution in [0.5, 0.6) is 0 Å². The van der Waals surface area contributed by atoms with Gasteiger partial charge in [-0.1, -0.05) is 51.5 Å². The Hall–Kier alpha value is -1.04. The highest BCUT2D eigenvalue weighted by Crippen LogP contribution is 2.26. The number of aryl methyl sites for hydroxylation is 1. The molecule has 1 unspecified atom stereocenters. The van der Waals surface area contributed by atoms with Crippen molar-refractivity contribution in [3.8, 4) is 0 Å². The van der Waals surface area contributed by atoms with E-state index in [1.807, 2.05) is 0 Å². The lowest BCUT2D eigenvalue weighted by atomic mass is 9.91. The first-order valence-corrected chi connectivity index (χ1v) is 8.45. The van der Waals surface area contributed by atoms with E-state index in [9.17, 15) is 24.1 Å². The van der Waals surface area contributed by atoms with Gasteiger partial charge < -0.3 is 15.3 Å². The van der Waals surface area contributed by atoms with Crippen LogP contribution in [0, 0.1) is 17.6 Å². The van der Waals surface area contributed by atoms with Gasteiger partial charge in [-0.3, -0.25) is 0 Å². The molecule has 0 saturated carbocycles. The smallest absolute Gasteiger partial charge is 0.278 e. The zero-order chi connectivity index (χ0) is 17.3. The first-order valence-electron chi connectivity index (χ1n) is 8.45. The Morgan fingerprint density at radius 3 is 2.22 bits per heavy atom. The summed E-state index contributed by atoms with van der Waals surface area (Å²) in [6.45, 7) is 2.14. The second kappa shape index (κ2) is 9.96. The normalized spacial score (nSPS) is 13.3. The van der Waals surface area contributed by atoms with E-state index < -0.39 is 23.5 Å². The molecule has 0 aliphatic heterocycles. The Bertz CT molecular complexity index is 458. The molecule has 0 radical (unpaired) electrons. The summed E-state index contributed by atoms with van der Waals surface area (Å²) in [4.78, 5) is 0. The van der Waals surface area contributed by atoms with Crippen molar-refractivity contribution in [3.63, 3.8) is 0 Å². The second-order valence-corrected chi connectivity index (χ2v) is 6.22. The maximum Gasteiger partial charge on any atom is 0.278 e. The van der Waals surface area contributed by atoms with Gasteiger partial charge in [0, 0.05) is 12.0 Å². The minimum absolute atomic E-state index is 0.218. The minimum Gasteiger partial charge on any atom is -0.343 e. The Balaban J connectivity index is 2.45. The van der Waals surface area contributed by atoms with Gasteiger partial charge in [0.15, 0.2) is 0 Å². The van der Waals surface area contributed by atoms with Crippen LogP contribution in [-0.4, -0.2) is 21.3 Å². The van der Waals surface area contributed by atoms with E-state index in [2.05, 4.69) is 6.92 Å². The number of benzene rings is 1. The second-order valence-electron chi connectivity index (χ2n) is 6.22. The van der Waals surface area contributed by atoms with E-state index in [0.29, 0.717) is 12.0 Å². The molecule has 0 aliphatic carbocycles. The third kappa shape index (κ3) is 7.86. The lowest BCUT2D eigenvalue weighted by Gasteiger charge is -2.26. The van der Waals surface area contributed by atoms with Gasteiger partial charge in [-0.25, -0.2) is 8.78 Å². The number of aliphatic hydroxyl groups is 3. The minimum atomic E-state index is -2.76. The van der Waals surface area contributed by atoms with Crippen molar-refractivity contribution < 1.29 is 24.1 Å². The van der Waals surface area contributed by atoms with Gasteiger partial charge in [-0.2, -0.15) is 0 Å². The van der Waals surface area contributed by atoms with E-state index >= 15 is 0 Å². The molecule has 0 aromatic heterocycles. The molecule has 3 N–H and O–H groups in total. The van der Waals surface area contributed by atoms with Crippen LogP contribution in [0.1, 0.15) is 63.9 Å². The Kier molecular flexibility index (Phi) is 8.66. The molecule has 1 atom stereocenters. The van der Waals surface area contributed by atoms with Crippen LogP contribution in [0.2, 0.25) is 0 Å². The summed E-state index contributed by atoms with van der Waals surface area (Å²) in [5, 5.41) is 28.4. The fraction of sp³-hybridized carbons (Fsp3) is 0.667. The highest BCUT2D eigenvalue weighted by molar-refractivity contribution is 5.18. The number of hydrogen-bond donors (Lipinski definition) is 3. The fourth-order valence-corrected chi connectivity index (χ4v) is 2.76. The lowest BCUT2D eigenvalue weighted by Crippen LogP contribution is -2.37. The molecule has 1 rings (SSSR count). The van der Waals surface area contributed by atoms with Crippen molar-refractivity contribution in [2.45, 2.75) is 70.7 Å². The average Bonchev–Trinajstić information content (AvgIpc) is 2.46. The van der Waals surface area contributed by atoms with Crippen LogP contribution in [0.25, 0.3) is 0 Å². The van der Waals surface area contributed by atoms with Gasteiger partial charge >= 0.3 is 0 Å². The summed E-state index contributed by atoms with van der Waals surface area (Å²) >= 11 is 0. The van der Waals surface area contributed by atoms with E-state index in [1.165, 1.54) is 25.0 Å². The Labute approximate surface area is 137 Å². The van der Waals surface area contributed by atoms with Gasteiger partial charge in [0.1, 0.15) is 11.6 Å². The molecule has 132 valence electrons. The number of halogens is 2. The topological polar surface area (TPSA) is 60.7 Å². The summed E-state index contributed by atoms with van der Waals surface area (Å²) in [5.74, 6) is -4.81. The first-order chi connectivity index (χ1) is 10.8. The molecular weight excluding hydrogens is 302 g/mol. The molecule has 0 aliphatic rings. The highest BCUT2D eigenvalue weighted by Gasteiger charge is 2.31. The molecule has 5 heteroatoms. The van der Waals surface area contributed by atoms with Crippen molar-refractivity contribution in [2.75, 3.05) is 0 Å². The summed E-state index contributed by atoms with van der Waals surface area (Å²) in [5.41, 5.74) is 0.309. The van der Waals surface area contributed by atoms with E-state index in [-0.39, 0.29) is 12.8 Å². The van der Waals surface area contributed by atoms with Crippen molar-refractivity contribution >= 4 is 0 Å². The van der Waals surface area contributed by atoms with Crippen LogP contribution >= 0.6 is 0 Å². The maximum atomic E-state index is 13.6. The van der Waals surface area contributed by atoms with Crippen LogP contribution in [0.15, 0.2) is 18.2 Å². The average molecular weight is 330 g/mol. The molecule has 1 aromatic carbocycles. The summed E-state index contributed by atoms with van der Waals surface area (Å²) in [6.07, 6.45) is 7.25. The zero-order valence-corrected chi connectivity index (χ0v) is 13.8. The molecule has 3 nitrogen and oxygen atoms in total. The SMILES string of the molecule is CCCCCCCCC(CCc1ccc(F)cc1F)C(O)(O)O. The summed E-state index contributed by atoms with van der Waals surface area (Å²) in [6, 6.07) is 3.33. The van der Waals surface area contributed by atoms with Gasteiger partial charge in [-0.05, 0) is 30.9 Å². The van der Waals surface area contributed by atoms with Crippen molar-refractivity contribution in [3.05, 3.63) is 35.4 Å². The van der Waals surface area contributed by atoms with Crippen molar-refractivity contribution in [1.29, 1.82) is 0 Å². The van der Waals surface area contributed by atoms with E-state index in [4.69, 9.17) is 0 Å². The molecule has 0 bridgehead atoms. The Morgan fingerprint density at radius 2 is 1.61 bits per heavy atom. The molecule has 1 aromatic rings. The standard InChI is InChI=1S/C18H28F2O3/c1-2-3-4-5-6-7-8-15(18(21,22)23)11-9-14-10-12-16(19)13-17(14)20/h10,12-13,15,21-23H,2-9,11H2,1H3. The fourth-order valence-electron chi connectivity index (χ4n) is 2.76. The number of unbranched alkanes of at least 4 members (excludes halogenated alkanes) is 5.